The Balaban J connectivity index is 1.62. The molecule has 3 heterocycles. The Morgan fingerprint density at radius 1 is 1.07 bits per heavy atom. The van der Waals surface area contributed by atoms with Crippen LogP contribution in [0.5, 0.6) is 5.88 Å². The van der Waals surface area contributed by atoms with Gasteiger partial charge in [-0.05, 0) is 51.8 Å². The van der Waals surface area contributed by atoms with Gasteiger partial charge in [0.15, 0.2) is 9.84 Å². The highest BCUT2D eigenvalue weighted by molar-refractivity contribution is 7.90. The second-order valence-electron chi connectivity index (χ2n) is 10.2. The van der Waals surface area contributed by atoms with Crippen molar-refractivity contribution in [3.8, 4) is 5.88 Å². The molecule has 13 heteroatoms. The third-order valence-corrected chi connectivity index (χ3v) is 8.50. The molecule has 1 aliphatic rings. The van der Waals surface area contributed by atoms with Crippen LogP contribution in [0.3, 0.4) is 0 Å². The maximum Gasteiger partial charge on any atom is 0.348 e. The van der Waals surface area contributed by atoms with Gasteiger partial charge >= 0.3 is 5.97 Å². The minimum atomic E-state index is -3.68. The van der Waals surface area contributed by atoms with Crippen molar-refractivity contribution in [2.45, 2.75) is 51.0 Å². The summed E-state index contributed by atoms with van der Waals surface area (Å²) in [5.74, 6) is -1.15. The van der Waals surface area contributed by atoms with Crippen molar-refractivity contribution in [1.29, 1.82) is 0 Å². The molecule has 4 aromatic rings. The maximum atomic E-state index is 14.2. The summed E-state index contributed by atoms with van der Waals surface area (Å²) in [5, 5.41) is 13.1. The lowest BCUT2D eigenvalue weighted by Gasteiger charge is -2.15. The number of aryl methyl sites for hydroxylation is 5. The summed E-state index contributed by atoms with van der Waals surface area (Å²) in [6, 6.07) is 4.64. The molecule has 5 rings (SSSR count). The van der Waals surface area contributed by atoms with E-state index in [4.69, 9.17) is 16.3 Å². The summed E-state index contributed by atoms with van der Waals surface area (Å²) in [4.78, 5) is 27.3. The van der Waals surface area contributed by atoms with Crippen LogP contribution in [0.15, 0.2) is 29.3 Å². The summed E-state index contributed by atoms with van der Waals surface area (Å²) >= 11 is 6.83. The maximum absolute atomic E-state index is 14.2. The molecule has 0 atom stereocenters. The molecule has 0 radical (unpaired) electrons. The molecule has 0 spiro atoms. The van der Waals surface area contributed by atoms with Gasteiger partial charge in [-0.15, -0.1) is 0 Å². The van der Waals surface area contributed by atoms with Crippen LogP contribution in [0.25, 0.3) is 0 Å². The van der Waals surface area contributed by atoms with Crippen molar-refractivity contribution in [3.05, 3.63) is 74.4 Å². The summed E-state index contributed by atoms with van der Waals surface area (Å²) < 4.78 is 35.6. The number of halogens is 1. The van der Waals surface area contributed by atoms with Gasteiger partial charge in [-0.1, -0.05) is 11.6 Å². The fourth-order valence-electron chi connectivity index (χ4n) is 4.84. The number of esters is 1. The molecule has 0 bridgehead atoms. The van der Waals surface area contributed by atoms with Gasteiger partial charge in [-0.3, -0.25) is 14.2 Å². The van der Waals surface area contributed by atoms with Crippen LogP contribution in [-0.2, 0) is 30.5 Å². The quantitative estimate of drug-likeness (QED) is 0.226. The Hall–Kier alpha value is -3.77. The summed E-state index contributed by atoms with van der Waals surface area (Å²) in [5.41, 5.74) is 3.30. The number of sulfone groups is 1. The predicted octanol–water partition coefficient (Wildman–Crippen LogP) is 3.71. The number of hydrogen-bond donors (Lipinski definition) is 0. The fourth-order valence-corrected chi connectivity index (χ4v) is 6.13. The lowest BCUT2D eigenvalue weighted by Crippen LogP contribution is -2.16. The Bertz CT molecular complexity index is 1800. The third-order valence-electron chi connectivity index (χ3n) is 6.89. The minimum absolute atomic E-state index is 0.00791. The van der Waals surface area contributed by atoms with Crippen LogP contribution in [0, 0.1) is 20.8 Å². The highest BCUT2D eigenvalue weighted by Gasteiger charge is 2.37. The standard InChI is InChI=1S/C27H29ClN6O5S/c1-14-11-15(2)34(29-14)13-20-21(40(6,37)38)10-9-18(23(20)28)25(35)22-24(17-7-8-17)31-33(5)26(22)39-27(36)19-12-32(4)30-16(19)3/h9-12,17H,7-8,13H2,1-6H3. The van der Waals surface area contributed by atoms with Crippen molar-refractivity contribution >= 4 is 33.2 Å². The molecule has 40 heavy (non-hydrogen) atoms. The highest BCUT2D eigenvalue weighted by Crippen LogP contribution is 2.44. The van der Waals surface area contributed by atoms with Gasteiger partial charge < -0.3 is 4.74 Å². The average Bonchev–Trinajstić information content (AvgIpc) is 3.48. The molecule has 0 saturated heterocycles. The van der Waals surface area contributed by atoms with Crippen molar-refractivity contribution in [1.82, 2.24) is 29.3 Å². The Kier molecular flexibility index (Phi) is 6.95. The van der Waals surface area contributed by atoms with Gasteiger partial charge in [-0.2, -0.15) is 15.3 Å². The molecule has 0 unspecified atom stereocenters. The van der Waals surface area contributed by atoms with Crippen LogP contribution in [0.4, 0.5) is 0 Å². The van der Waals surface area contributed by atoms with Crippen molar-refractivity contribution in [3.63, 3.8) is 0 Å². The number of rotatable bonds is 8. The van der Waals surface area contributed by atoms with Gasteiger partial charge in [0.25, 0.3) is 0 Å². The monoisotopic (exact) mass is 584 g/mol. The van der Waals surface area contributed by atoms with Crippen LogP contribution in [-0.4, -0.2) is 55.8 Å². The second kappa shape index (κ2) is 10.0. The van der Waals surface area contributed by atoms with E-state index in [2.05, 4.69) is 15.3 Å². The number of ether oxygens (including phenoxy) is 1. The highest BCUT2D eigenvalue weighted by atomic mass is 35.5. The van der Waals surface area contributed by atoms with Crippen LogP contribution in [0.1, 0.15) is 73.4 Å². The van der Waals surface area contributed by atoms with Gasteiger partial charge in [-0.25, -0.2) is 17.9 Å². The molecule has 3 aromatic heterocycles. The molecule has 0 aliphatic heterocycles. The SMILES string of the molecule is Cc1cc(C)n(Cc2c(S(C)(=O)=O)ccc(C(=O)c3c(C4CC4)nn(C)c3OC(=O)c3cn(C)nc3C)c2Cl)n1. The zero-order chi connectivity index (χ0) is 29.1. The second-order valence-corrected chi connectivity index (χ2v) is 12.6. The van der Waals surface area contributed by atoms with E-state index in [-0.39, 0.29) is 50.5 Å². The Labute approximate surface area is 236 Å². The smallest absolute Gasteiger partial charge is 0.348 e. The van der Waals surface area contributed by atoms with Crippen molar-refractivity contribution in [2.24, 2.45) is 14.1 Å². The van der Waals surface area contributed by atoms with E-state index < -0.39 is 21.6 Å². The van der Waals surface area contributed by atoms with Gasteiger partial charge in [0.1, 0.15) is 11.1 Å². The molecule has 0 N–H and O–H groups in total. The number of ketones is 1. The molecule has 1 fully saturated rings. The number of carbonyl (C=O) groups excluding carboxylic acids is 2. The number of hydrogen-bond acceptors (Lipinski definition) is 8. The van der Waals surface area contributed by atoms with Crippen molar-refractivity contribution in [2.75, 3.05) is 6.26 Å². The van der Waals surface area contributed by atoms with Gasteiger partial charge in [0.05, 0.1) is 33.5 Å². The van der Waals surface area contributed by atoms with Crippen LogP contribution < -0.4 is 4.74 Å². The van der Waals surface area contributed by atoms with E-state index in [9.17, 15) is 18.0 Å². The molecule has 210 valence electrons. The zero-order valence-electron chi connectivity index (χ0n) is 23.0. The first-order chi connectivity index (χ1) is 18.8. The first-order valence-corrected chi connectivity index (χ1v) is 14.9. The summed E-state index contributed by atoms with van der Waals surface area (Å²) in [6.07, 6.45) is 4.32. The van der Waals surface area contributed by atoms with E-state index in [1.54, 1.807) is 31.9 Å². The number of carbonyl (C=O) groups is 2. The first-order valence-electron chi connectivity index (χ1n) is 12.6. The normalized spacial score (nSPS) is 13.6. The lowest BCUT2D eigenvalue weighted by molar-refractivity contribution is 0.0717. The van der Waals surface area contributed by atoms with E-state index in [1.165, 1.54) is 21.5 Å². The molecule has 0 amide bonds. The lowest BCUT2D eigenvalue weighted by atomic mass is 9.99. The topological polar surface area (TPSA) is 131 Å². The summed E-state index contributed by atoms with van der Waals surface area (Å²) in [6.45, 7) is 5.42. The molecule has 1 saturated carbocycles. The van der Waals surface area contributed by atoms with E-state index in [0.717, 1.165) is 30.5 Å². The Morgan fingerprint density at radius 2 is 1.77 bits per heavy atom. The zero-order valence-corrected chi connectivity index (χ0v) is 24.6. The predicted molar refractivity (Wildman–Crippen MR) is 147 cm³/mol. The Morgan fingerprint density at radius 3 is 2.33 bits per heavy atom. The summed E-state index contributed by atoms with van der Waals surface area (Å²) in [7, 11) is -0.389. The molecule has 1 aromatic carbocycles. The van der Waals surface area contributed by atoms with E-state index in [1.807, 2.05) is 19.9 Å². The van der Waals surface area contributed by atoms with Crippen LogP contribution >= 0.6 is 11.6 Å². The van der Waals surface area contributed by atoms with E-state index >= 15 is 0 Å². The third kappa shape index (κ3) is 5.08. The number of nitrogens with zero attached hydrogens (tertiary/aromatic N) is 6. The number of benzene rings is 1. The average molecular weight is 585 g/mol. The van der Waals surface area contributed by atoms with Gasteiger partial charge in [0, 0.05) is 49.3 Å². The largest absolute Gasteiger partial charge is 0.403 e. The van der Waals surface area contributed by atoms with Gasteiger partial charge in [0.2, 0.25) is 11.7 Å². The van der Waals surface area contributed by atoms with Crippen LogP contribution in [0.2, 0.25) is 5.02 Å². The molecular formula is C27H29ClN6O5S. The minimum Gasteiger partial charge on any atom is -0.403 e. The number of aromatic nitrogens is 6. The molecule has 1 aliphatic carbocycles. The first kappa shape index (κ1) is 27.8. The molecular weight excluding hydrogens is 556 g/mol. The van der Waals surface area contributed by atoms with E-state index in [0.29, 0.717) is 11.4 Å². The molecule has 11 nitrogen and oxygen atoms in total. The van der Waals surface area contributed by atoms with Crippen molar-refractivity contribution < 1.29 is 22.7 Å². The fraction of sp³-hybridized carbons (Fsp3) is 0.370.